The van der Waals surface area contributed by atoms with Gasteiger partial charge in [-0.2, -0.15) is 0 Å². The number of nitrogens with zero attached hydrogens (tertiary/aromatic N) is 1. The summed E-state index contributed by atoms with van der Waals surface area (Å²) in [6.45, 7) is 10.6. The summed E-state index contributed by atoms with van der Waals surface area (Å²) in [5.74, 6) is 0.904. The Morgan fingerprint density at radius 2 is 1.56 bits per heavy atom. The van der Waals surface area contributed by atoms with Gasteiger partial charge in [-0.1, -0.05) is 44.5 Å². The van der Waals surface area contributed by atoms with Gasteiger partial charge in [-0.25, -0.2) is 9.78 Å². The van der Waals surface area contributed by atoms with Crippen molar-refractivity contribution < 1.29 is 14.3 Å². The summed E-state index contributed by atoms with van der Waals surface area (Å²) in [5, 5.41) is 0.795. The second-order valence-corrected chi connectivity index (χ2v) is 9.41. The van der Waals surface area contributed by atoms with Crippen LogP contribution in [0.25, 0.3) is 22.2 Å². The first kappa shape index (κ1) is 23.5. The predicted molar refractivity (Wildman–Crippen MR) is 138 cm³/mol. The van der Waals surface area contributed by atoms with Crippen molar-refractivity contribution in [3.63, 3.8) is 0 Å². The third-order valence-electron chi connectivity index (χ3n) is 6.58. The standard InChI is InChI=1S/C30H31NO3/c1-7-30(4,5)22-10-14-24(15-11-22)34-29(32)26-18-27(21-8-12-23(33-6)13-9-21)31-28-20(3)16-19(2)17-25(26)28/h8-18H,7H2,1-6H3. The van der Waals surface area contributed by atoms with Crippen molar-refractivity contribution in [2.24, 2.45) is 0 Å². The summed E-state index contributed by atoms with van der Waals surface area (Å²) in [7, 11) is 1.64. The molecule has 4 heteroatoms. The van der Waals surface area contributed by atoms with Gasteiger partial charge in [0.15, 0.2) is 0 Å². The number of benzene rings is 3. The highest BCUT2D eigenvalue weighted by atomic mass is 16.5. The average molecular weight is 454 g/mol. The number of carbonyl (C=O) groups excluding carboxylic acids is 1. The van der Waals surface area contributed by atoms with E-state index in [1.54, 1.807) is 7.11 Å². The number of hydrogen-bond acceptors (Lipinski definition) is 4. The Kier molecular flexibility index (Phi) is 6.43. The van der Waals surface area contributed by atoms with Crippen LogP contribution < -0.4 is 9.47 Å². The summed E-state index contributed by atoms with van der Waals surface area (Å²) in [6, 6.07) is 21.4. The summed E-state index contributed by atoms with van der Waals surface area (Å²) < 4.78 is 11.1. The molecule has 1 heterocycles. The fourth-order valence-corrected chi connectivity index (χ4v) is 4.10. The topological polar surface area (TPSA) is 48.4 Å². The molecular formula is C30H31NO3. The maximum absolute atomic E-state index is 13.4. The summed E-state index contributed by atoms with van der Waals surface area (Å²) in [6.07, 6.45) is 1.03. The van der Waals surface area contributed by atoms with Gasteiger partial charge >= 0.3 is 5.97 Å². The van der Waals surface area contributed by atoms with E-state index in [1.165, 1.54) is 5.56 Å². The molecule has 0 saturated carbocycles. The quantitative estimate of drug-likeness (QED) is 0.225. The van der Waals surface area contributed by atoms with Crippen molar-refractivity contribution in [1.29, 1.82) is 0 Å². The number of fused-ring (bicyclic) bond motifs is 1. The van der Waals surface area contributed by atoms with Gasteiger partial charge in [-0.3, -0.25) is 0 Å². The van der Waals surface area contributed by atoms with E-state index in [4.69, 9.17) is 14.5 Å². The van der Waals surface area contributed by atoms with Crippen LogP contribution >= 0.6 is 0 Å². The molecule has 4 aromatic rings. The van der Waals surface area contributed by atoms with Gasteiger partial charge in [0.2, 0.25) is 0 Å². The van der Waals surface area contributed by atoms with Crippen LogP contribution in [0, 0.1) is 13.8 Å². The van der Waals surface area contributed by atoms with Crippen LogP contribution in [0.3, 0.4) is 0 Å². The molecule has 0 atom stereocenters. The number of hydrogen-bond donors (Lipinski definition) is 0. The third kappa shape index (κ3) is 4.67. The second kappa shape index (κ2) is 9.30. The first-order valence-electron chi connectivity index (χ1n) is 11.6. The lowest BCUT2D eigenvalue weighted by molar-refractivity contribution is 0.0736. The van der Waals surface area contributed by atoms with E-state index in [0.717, 1.165) is 39.8 Å². The molecule has 0 bridgehead atoms. The van der Waals surface area contributed by atoms with Gasteiger partial charge < -0.3 is 9.47 Å². The lowest BCUT2D eigenvalue weighted by atomic mass is 9.82. The van der Waals surface area contributed by atoms with E-state index < -0.39 is 5.97 Å². The van der Waals surface area contributed by atoms with Crippen molar-refractivity contribution in [2.75, 3.05) is 7.11 Å². The van der Waals surface area contributed by atoms with E-state index in [-0.39, 0.29) is 5.41 Å². The minimum Gasteiger partial charge on any atom is -0.497 e. The highest BCUT2D eigenvalue weighted by molar-refractivity contribution is 6.06. The SMILES string of the molecule is CCC(C)(C)c1ccc(OC(=O)c2cc(-c3ccc(OC)cc3)nc3c(C)cc(C)cc23)cc1. The van der Waals surface area contributed by atoms with Crippen molar-refractivity contribution in [2.45, 2.75) is 46.5 Å². The number of aryl methyl sites for hydroxylation is 2. The Morgan fingerprint density at radius 1 is 0.912 bits per heavy atom. The van der Waals surface area contributed by atoms with Crippen molar-refractivity contribution in [3.05, 3.63) is 89.0 Å². The molecule has 0 aliphatic carbocycles. The smallest absolute Gasteiger partial charge is 0.344 e. The molecule has 0 unspecified atom stereocenters. The van der Waals surface area contributed by atoms with Crippen LogP contribution in [0.4, 0.5) is 0 Å². The molecule has 3 aromatic carbocycles. The van der Waals surface area contributed by atoms with E-state index in [9.17, 15) is 4.79 Å². The number of methoxy groups -OCH3 is 1. The van der Waals surface area contributed by atoms with E-state index >= 15 is 0 Å². The van der Waals surface area contributed by atoms with E-state index in [0.29, 0.717) is 17.0 Å². The highest BCUT2D eigenvalue weighted by Crippen LogP contribution is 2.31. The molecule has 4 nitrogen and oxygen atoms in total. The van der Waals surface area contributed by atoms with Crippen LogP contribution in [0.5, 0.6) is 11.5 Å². The maximum Gasteiger partial charge on any atom is 0.344 e. The summed E-state index contributed by atoms with van der Waals surface area (Å²) >= 11 is 0. The zero-order valence-electron chi connectivity index (χ0n) is 20.7. The normalized spacial score (nSPS) is 11.5. The zero-order valence-corrected chi connectivity index (χ0v) is 20.7. The van der Waals surface area contributed by atoms with Crippen LogP contribution in [0.1, 0.15) is 54.2 Å². The molecule has 4 rings (SSSR count). The molecule has 1 aromatic heterocycles. The summed E-state index contributed by atoms with van der Waals surface area (Å²) in [5.41, 5.74) is 6.31. The fraction of sp³-hybridized carbons (Fsp3) is 0.267. The molecule has 0 saturated heterocycles. The van der Waals surface area contributed by atoms with E-state index in [2.05, 4.69) is 26.8 Å². The molecule has 34 heavy (non-hydrogen) atoms. The van der Waals surface area contributed by atoms with Gasteiger partial charge in [0.05, 0.1) is 23.9 Å². The Balaban J connectivity index is 1.76. The zero-order chi connectivity index (χ0) is 24.5. The summed E-state index contributed by atoms with van der Waals surface area (Å²) in [4.78, 5) is 18.3. The molecule has 174 valence electrons. The Bertz CT molecular complexity index is 1340. The average Bonchev–Trinajstić information content (AvgIpc) is 2.84. The van der Waals surface area contributed by atoms with Crippen LogP contribution in [0.2, 0.25) is 0 Å². The highest BCUT2D eigenvalue weighted by Gasteiger charge is 2.20. The van der Waals surface area contributed by atoms with Crippen LogP contribution in [-0.4, -0.2) is 18.1 Å². The largest absolute Gasteiger partial charge is 0.497 e. The minimum atomic E-state index is -0.394. The fourth-order valence-electron chi connectivity index (χ4n) is 4.10. The Hall–Kier alpha value is -3.66. The molecule has 0 radical (unpaired) electrons. The van der Waals surface area contributed by atoms with Gasteiger partial charge in [0.1, 0.15) is 11.5 Å². The lowest BCUT2D eigenvalue weighted by Crippen LogP contribution is -2.15. The Morgan fingerprint density at radius 3 is 2.18 bits per heavy atom. The number of esters is 1. The predicted octanol–water partition coefficient (Wildman–Crippen LogP) is 7.43. The van der Waals surface area contributed by atoms with Crippen molar-refractivity contribution in [3.8, 4) is 22.8 Å². The van der Waals surface area contributed by atoms with Gasteiger partial charge in [-0.05, 0) is 85.3 Å². The maximum atomic E-state index is 13.4. The lowest BCUT2D eigenvalue weighted by Gasteiger charge is -2.23. The van der Waals surface area contributed by atoms with Crippen molar-refractivity contribution >= 4 is 16.9 Å². The first-order chi connectivity index (χ1) is 16.2. The number of carbonyl (C=O) groups is 1. The number of pyridine rings is 1. The number of aromatic nitrogens is 1. The molecule has 0 N–H and O–H groups in total. The second-order valence-electron chi connectivity index (χ2n) is 9.41. The van der Waals surface area contributed by atoms with E-state index in [1.807, 2.05) is 74.5 Å². The Labute approximate surface area is 201 Å². The minimum absolute atomic E-state index is 0.0756. The van der Waals surface area contributed by atoms with Gasteiger partial charge in [0.25, 0.3) is 0 Å². The molecular weight excluding hydrogens is 422 g/mol. The van der Waals surface area contributed by atoms with Gasteiger partial charge in [-0.15, -0.1) is 0 Å². The number of rotatable bonds is 6. The molecule has 0 fully saturated rings. The van der Waals surface area contributed by atoms with Crippen LogP contribution in [0.15, 0.2) is 66.7 Å². The van der Waals surface area contributed by atoms with Crippen molar-refractivity contribution in [1.82, 2.24) is 4.98 Å². The molecule has 0 amide bonds. The van der Waals surface area contributed by atoms with Gasteiger partial charge in [0, 0.05) is 10.9 Å². The third-order valence-corrected chi connectivity index (χ3v) is 6.58. The first-order valence-corrected chi connectivity index (χ1v) is 11.6. The molecule has 0 aliphatic heterocycles. The monoisotopic (exact) mass is 453 g/mol. The number of ether oxygens (including phenoxy) is 2. The molecule has 0 aliphatic rings. The van der Waals surface area contributed by atoms with Crippen LogP contribution in [-0.2, 0) is 5.41 Å². The molecule has 0 spiro atoms.